The largest absolute Gasteiger partial charge is 0.384 e. The smallest absolute Gasteiger partial charge is 0.248 e. The molecule has 1 atom stereocenters. The molecule has 0 radical (unpaired) electrons. The fourth-order valence-corrected chi connectivity index (χ4v) is 1.54. The van der Waals surface area contributed by atoms with Gasteiger partial charge in [0, 0.05) is 5.54 Å². The van der Waals surface area contributed by atoms with Gasteiger partial charge in [-0.05, 0) is 32.6 Å². The van der Waals surface area contributed by atoms with Gasteiger partial charge in [-0.15, -0.1) is 0 Å². The Balaban J connectivity index is 2.43. The number of amides is 1. The predicted octanol–water partition coefficient (Wildman–Crippen LogP) is 0.816. The third kappa shape index (κ3) is 1.78. The average molecular weight is 171 g/mol. The molecule has 0 aromatic carbocycles. The van der Waals surface area contributed by atoms with Gasteiger partial charge in [-0.2, -0.15) is 0 Å². The fraction of sp³-hybridized carbons (Fsp3) is 0.889. The fourth-order valence-electron chi connectivity index (χ4n) is 1.54. The van der Waals surface area contributed by atoms with E-state index in [1.807, 2.05) is 0 Å². The van der Waals surface area contributed by atoms with Gasteiger partial charge in [-0.1, -0.05) is 6.92 Å². The van der Waals surface area contributed by atoms with Crippen molar-refractivity contribution in [2.75, 3.05) is 0 Å². The van der Waals surface area contributed by atoms with Gasteiger partial charge in [-0.25, -0.2) is 0 Å². The molecule has 3 heteroatoms. The molecular weight excluding hydrogens is 154 g/mol. The molecule has 12 heavy (non-hydrogen) atoms. The average Bonchev–Trinajstić information content (AvgIpc) is 1.96. The van der Waals surface area contributed by atoms with Crippen molar-refractivity contribution in [3.05, 3.63) is 0 Å². The van der Waals surface area contributed by atoms with Crippen molar-refractivity contribution in [2.45, 2.75) is 51.2 Å². The first-order valence-electron chi connectivity index (χ1n) is 4.60. The van der Waals surface area contributed by atoms with Gasteiger partial charge in [0.1, 0.15) is 6.10 Å². The van der Waals surface area contributed by atoms with Crippen LogP contribution in [0.1, 0.15) is 39.5 Å². The Bertz CT molecular complexity index is 168. The summed E-state index contributed by atoms with van der Waals surface area (Å²) in [5, 5.41) is 11.9. The summed E-state index contributed by atoms with van der Waals surface area (Å²) in [5.74, 6) is -0.239. The van der Waals surface area contributed by atoms with Crippen LogP contribution >= 0.6 is 0 Å². The van der Waals surface area contributed by atoms with Crippen LogP contribution in [0.25, 0.3) is 0 Å². The van der Waals surface area contributed by atoms with Crippen molar-refractivity contribution >= 4 is 5.91 Å². The van der Waals surface area contributed by atoms with E-state index >= 15 is 0 Å². The van der Waals surface area contributed by atoms with Crippen LogP contribution in [0, 0.1) is 0 Å². The lowest BCUT2D eigenvalue weighted by Crippen LogP contribution is -2.55. The molecule has 1 amide bonds. The van der Waals surface area contributed by atoms with Crippen LogP contribution in [-0.2, 0) is 4.79 Å². The van der Waals surface area contributed by atoms with Crippen LogP contribution in [0.2, 0.25) is 0 Å². The number of hydrogen-bond donors (Lipinski definition) is 2. The molecule has 1 saturated carbocycles. The maximum atomic E-state index is 11.1. The summed E-state index contributed by atoms with van der Waals surface area (Å²) in [5.41, 5.74) is 0.00801. The highest BCUT2D eigenvalue weighted by Gasteiger charge is 2.36. The van der Waals surface area contributed by atoms with Crippen LogP contribution < -0.4 is 5.32 Å². The molecule has 1 aliphatic carbocycles. The zero-order valence-corrected chi connectivity index (χ0v) is 7.76. The van der Waals surface area contributed by atoms with E-state index in [0.717, 1.165) is 19.3 Å². The van der Waals surface area contributed by atoms with Gasteiger partial charge < -0.3 is 10.4 Å². The molecule has 1 aliphatic rings. The Kier molecular flexibility index (Phi) is 2.73. The van der Waals surface area contributed by atoms with Gasteiger partial charge in [-0.3, -0.25) is 4.79 Å². The number of nitrogens with one attached hydrogen (secondary N) is 1. The standard InChI is InChI=1S/C9H17NO2/c1-3-9(5-4-6-9)10-8(12)7(2)11/h7,11H,3-6H2,1-2H3,(H,10,12)/t7-/m0/s1. The van der Waals surface area contributed by atoms with E-state index in [1.54, 1.807) is 0 Å². The minimum Gasteiger partial charge on any atom is -0.384 e. The highest BCUT2D eigenvalue weighted by Crippen LogP contribution is 2.34. The Labute approximate surface area is 73.2 Å². The first-order valence-corrected chi connectivity index (χ1v) is 4.60. The van der Waals surface area contributed by atoms with Crippen molar-refractivity contribution in [3.63, 3.8) is 0 Å². The SMILES string of the molecule is CCC1(NC(=O)[C@H](C)O)CCC1. The van der Waals surface area contributed by atoms with Gasteiger partial charge in [0.05, 0.1) is 0 Å². The summed E-state index contributed by atoms with van der Waals surface area (Å²) in [6, 6.07) is 0. The second-order valence-corrected chi connectivity index (χ2v) is 3.65. The molecule has 0 saturated heterocycles. The van der Waals surface area contributed by atoms with Crippen LogP contribution in [-0.4, -0.2) is 22.7 Å². The molecular formula is C9H17NO2. The quantitative estimate of drug-likeness (QED) is 0.660. The van der Waals surface area contributed by atoms with Crippen molar-refractivity contribution in [2.24, 2.45) is 0 Å². The summed E-state index contributed by atoms with van der Waals surface area (Å²) in [6.07, 6.45) is 3.39. The summed E-state index contributed by atoms with van der Waals surface area (Å²) in [7, 11) is 0. The van der Waals surface area contributed by atoms with Gasteiger partial charge >= 0.3 is 0 Å². The molecule has 0 spiro atoms. The lowest BCUT2D eigenvalue weighted by Gasteiger charge is -2.42. The van der Waals surface area contributed by atoms with Crippen LogP contribution in [0.15, 0.2) is 0 Å². The van der Waals surface area contributed by atoms with Crippen molar-refractivity contribution in [1.82, 2.24) is 5.32 Å². The van der Waals surface area contributed by atoms with E-state index in [4.69, 9.17) is 5.11 Å². The number of rotatable bonds is 3. The zero-order valence-electron chi connectivity index (χ0n) is 7.76. The Morgan fingerprint density at radius 2 is 2.25 bits per heavy atom. The van der Waals surface area contributed by atoms with Gasteiger partial charge in [0.2, 0.25) is 5.91 Å². The second kappa shape index (κ2) is 3.44. The minimum absolute atomic E-state index is 0.00801. The lowest BCUT2D eigenvalue weighted by molar-refractivity contribution is -0.131. The van der Waals surface area contributed by atoms with Crippen LogP contribution in [0.5, 0.6) is 0 Å². The van der Waals surface area contributed by atoms with E-state index in [-0.39, 0.29) is 11.4 Å². The number of aliphatic hydroxyl groups excluding tert-OH is 1. The first kappa shape index (κ1) is 9.52. The van der Waals surface area contributed by atoms with Crippen LogP contribution in [0.3, 0.4) is 0 Å². The van der Waals surface area contributed by atoms with E-state index in [2.05, 4.69) is 12.2 Å². The van der Waals surface area contributed by atoms with E-state index < -0.39 is 6.10 Å². The van der Waals surface area contributed by atoms with Crippen molar-refractivity contribution < 1.29 is 9.90 Å². The molecule has 0 aliphatic heterocycles. The Morgan fingerprint density at radius 1 is 1.67 bits per heavy atom. The number of aliphatic hydroxyl groups is 1. The van der Waals surface area contributed by atoms with E-state index in [0.29, 0.717) is 0 Å². The summed E-state index contributed by atoms with van der Waals surface area (Å²) < 4.78 is 0. The third-order valence-electron chi connectivity index (χ3n) is 2.76. The monoisotopic (exact) mass is 171 g/mol. The predicted molar refractivity (Wildman–Crippen MR) is 46.7 cm³/mol. The Morgan fingerprint density at radius 3 is 2.50 bits per heavy atom. The molecule has 0 aromatic rings. The molecule has 0 unspecified atom stereocenters. The van der Waals surface area contributed by atoms with E-state index in [1.165, 1.54) is 13.3 Å². The van der Waals surface area contributed by atoms with E-state index in [9.17, 15) is 4.79 Å². The summed E-state index contributed by atoms with van der Waals surface area (Å²) in [4.78, 5) is 11.1. The number of hydrogen-bond acceptors (Lipinski definition) is 2. The highest BCUT2D eigenvalue weighted by molar-refractivity contribution is 5.80. The third-order valence-corrected chi connectivity index (χ3v) is 2.76. The van der Waals surface area contributed by atoms with Gasteiger partial charge in [0.15, 0.2) is 0 Å². The molecule has 0 bridgehead atoms. The zero-order chi connectivity index (χ0) is 9.19. The van der Waals surface area contributed by atoms with Crippen molar-refractivity contribution in [1.29, 1.82) is 0 Å². The molecule has 1 rings (SSSR count). The Hall–Kier alpha value is -0.570. The molecule has 2 N–H and O–H groups in total. The topological polar surface area (TPSA) is 49.3 Å². The summed E-state index contributed by atoms with van der Waals surface area (Å²) >= 11 is 0. The second-order valence-electron chi connectivity index (χ2n) is 3.65. The molecule has 0 aromatic heterocycles. The molecule has 3 nitrogen and oxygen atoms in total. The number of carbonyl (C=O) groups excluding carboxylic acids is 1. The number of carbonyl (C=O) groups is 1. The molecule has 1 fully saturated rings. The summed E-state index contributed by atoms with van der Waals surface area (Å²) in [6.45, 7) is 3.57. The molecule has 0 heterocycles. The minimum atomic E-state index is -0.881. The maximum absolute atomic E-state index is 11.1. The van der Waals surface area contributed by atoms with Gasteiger partial charge in [0.25, 0.3) is 0 Å². The molecule has 70 valence electrons. The lowest BCUT2D eigenvalue weighted by atomic mass is 9.75. The van der Waals surface area contributed by atoms with Crippen molar-refractivity contribution in [3.8, 4) is 0 Å². The first-order chi connectivity index (χ1) is 5.59. The highest BCUT2D eigenvalue weighted by atomic mass is 16.3. The normalized spacial score (nSPS) is 22.6. The van der Waals surface area contributed by atoms with Crippen LogP contribution in [0.4, 0.5) is 0 Å². The maximum Gasteiger partial charge on any atom is 0.248 e.